The summed E-state index contributed by atoms with van der Waals surface area (Å²) in [5.74, 6) is 1.59. The van der Waals surface area contributed by atoms with Gasteiger partial charge in [-0.15, -0.1) is 0 Å². The van der Waals surface area contributed by atoms with Crippen molar-refractivity contribution in [2.75, 3.05) is 48.4 Å². The molecule has 9 heteroatoms. The first-order valence-electron chi connectivity index (χ1n) is 11.6. The monoisotopic (exact) mass is 452 g/mol. The molecule has 0 saturated carbocycles. The van der Waals surface area contributed by atoms with Crippen molar-refractivity contribution in [3.63, 3.8) is 0 Å². The van der Waals surface area contributed by atoms with Gasteiger partial charge in [-0.1, -0.05) is 32.4 Å². The van der Waals surface area contributed by atoms with E-state index in [1.807, 2.05) is 47.8 Å². The van der Waals surface area contributed by atoms with Crippen LogP contribution in [0.1, 0.15) is 38.8 Å². The Morgan fingerprint density at radius 1 is 1.15 bits per heavy atom. The van der Waals surface area contributed by atoms with Crippen LogP contribution in [0.4, 0.5) is 23.0 Å². The highest BCUT2D eigenvalue weighted by Gasteiger charge is 2.18. The van der Waals surface area contributed by atoms with Crippen LogP contribution in [-0.4, -0.2) is 53.4 Å². The van der Waals surface area contributed by atoms with Gasteiger partial charge in [-0.3, -0.25) is 4.79 Å². The number of hydrogen-bond acceptors (Lipinski definition) is 7. The molecule has 176 valence electrons. The Bertz CT molecular complexity index is 1080. The van der Waals surface area contributed by atoms with E-state index in [1.54, 1.807) is 0 Å². The molecule has 3 aromatic rings. The predicted molar refractivity (Wildman–Crippen MR) is 129 cm³/mol. The number of benzene rings is 1. The zero-order valence-electron chi connectivity index (χ0n) is 19.3. The molecule has 1 saturated heterocycles. The Morgan fingerprint density at radius 3 is 2.70 bits per heavy atom. The summed E-state index contributed by atoms with van der Waals surface area (Å²) in [5.41, 5.74) is 3.09. The second kappa shape index (κ2) is 11.1. The minimum absolute atomic E-state index is 0.0369. The minimum Gasteiger partial charge on any atom is -0.378 e. The lowest BCUT2D eigenvalue weighted by Crippen LogP contribution is -2.37. The summed E-state index contributed by atoms with van der Waals surface area (Å²) in [4.78, 5) is 19.0. The molecule has 0 aliphatic carbocycles. The van der Waals surface area contributed by atoms with Crippen LogP contribution >= 0.6 is 0 Å². The molecule has 33 heavy (non-hydrogen) atoms. The number of carbonyl (C=O) groups excluding carboxylic acids is 1. The Morgan fingerprint density at radius 2 is 1.94 bits per heavy atom. The molecule has 0 radical (unpaired) electrons. The molecule has 1 aliphatic rings. The van der Waals surface area contributed by atoms with E-state index in [1.165, 1.54) is 0 Å². The molecule has 0 atom stereocenters. The number of nitrogens with zero attached hydrogens (tertiary/aromatic N) is 4. The SMILES string of the molecule is CCCCOCc1cc2nc(Nc3ccccc3NC(=O)CC)cc(N3CCOCC3)n2n1. The van der Waals surface area contributed by atoms with E-state index in [0.29, 0.717) is 32.1 Å². The van der Waals surface area contributed by atoms with Gasteiger partial charge in [0.15, 0.2) is 5.65 Å². The summed E-state index contributed by atoms with van der Waals surface area (Å²) >= 11 is 0. The summed E-state index contributed by atoms with van der Waals surface area (Å²) in [6.45, 7) is 8.07. The van der Waals surface area contributed by atoms with Crippen molar-refractivity contribution in [1.29, 1.82) is 0 Å². The molecule has 0 unspecified atom stereocenters. The van der Waals surface area contributed by atoms with Crippen LogP contribution in [0.25, 0.3) is 5.65 Å². The Balaban J connectivity index is 1.65. The number of amides is 1. The average molecular weight is 453 g/mol. The van der Waals surface area contributed by atoms with Gasteiger partial charge < -0.3 is 25.0 Å². The lowest BCUT2D eigenvalue weighted by atomic mass is 10.2. The zero-order chi connectivity index (χ0) is 23.0. The maximum atomic E-state index is 12.0. The second-order valence-electron chi connectivity index (χ2n) is 7.98. The van der Waals surface area contributed by atoms with Crippen LogP contribution in [0.3, 0.4) is 0 Å². The molecular weight excluding hydrogens is 420 g/mol. The van der Waals surface area contributed by atoms with Crippen LogP contribution in [0.2, 0.25) is 0 Å². The third kappa shape index (κ3) is 5.80. The van der Waals surface area contributed by atoms with Crippen LogP contribution in [0.5, 0.6) is 0 Å². The number of hydrogen-bond donors (Lipinski definition) is 2. The van der Waals surface area contributed by atoms with E-state index in [-0.39, 0.29) is 5.91 Å². The minimum atomic E-state index is -0.0369. The Hall–Kier alpha value is -3.17. The van der Waals surface area contributed by atoms with E-state index in [2.05, 4.69) is 22.5 Å². The van der Waals surface area contributed by atoms with Gasteiger partial charge in [0, 0.05) is 38.2 Å². The Kier molecular flexibility index (Phi) is 7.74. The lowest BCUT2D eigenvalue weighted by Gasteiger charge is -2.29. The largest absolute Gasteiger partial charge is 0.378 e. The van der Waals surface area contributed by atoms with Gasteiger partial charge in [0.05, 0.1) is 36.9 Å². The molecule has 2 aromatic heterocycles. The topological polar surface area (TPSA) is 93.0 Å². The molecule has 0 spiro atoms. The summed E-state index contributed by atoms with van der Waals surface area (Å²) < 4.78 is 13.2. The van der Waals surface area contributed by atoms with Crippen molar-refractivity contribution in [2.45, 2.75) is 39.7 Å². The average Bonchev–Trinajstić information content (AvgIpc) is 3.26. The van der Waals surface area contributed by atoms with Crippen molar-refractivity contribution < 1.29 is 14.3 Å². The van der Waals surface area contributed by atoms with Gasteiger partial charge in [0.2, 0.25) is 5.91 Å². The normalized spacial score (nSPS) is 13.9. The van der Waals surface area contributed by atoms with E-state index >= 15 is 0 Å². The standard InChI is InChI=1S/C24H32N6O3/c1-3-5-12-33-17-18-15-22-27-21(16-24(30(22)28-18)29-10-13-32-14-11-29)25-19-8-6-7-9-20(19)26-23(31)4-2/h6-9,15-16H,3-5,10-14,17H2,1-2H3,(H,25,27)(H,26,31). The summed E-state index contributed by atoms with van der Waals surface area (Å²) in [7, 11) is 0. The van der Waals surface area contributed by atoms with Crippen molar-refractivity contribution in [2.24, 2.45) is 0 Å². The van der Waals surface area contributed by atoms with E-state index in [9.17, 15) is 4.79 Å². The number of ether oxygens (including phenoxy) is 2. The number of anilines is 4. The first-order chi connectivity index (χ1) is 16.2. The van der Waals surface area contributed by atoms with E-state index in [0.717, 1.165) is 61.1 Å². The number of morpholine rings is 1. The van der Waals surface area contributed by atoms with Crippen molar-refractivity contribution in [3.05, 3.63) is 42.1 Å². The van der Waals surface area contributed by atoms with Crippen LogP contribution in [0, 0.1) is 0 Å². The molecule has 2 N–H and O–H groups in total. The van der Waals surface area contributed by atoms with Gasteiger partial charge in [-0.25, -0.2) is 4.98 Å². The number of carbonyl (C=O) groups is 1. The summed E-state index contributed by atoms with van der Waals surface area (Å²) in [5, 5.41) is 11.1. The summed E-state index contributed by atoms with van der Waals surface area (Å²) in [6, 6.07) is 11.6. The predicted octanol–water partition coefficient (Wildman–Crippen LogP) is 3.97. The lowest BCUT2D eigenvalue weighted by molar-refractivity contribution is -0.115. The van der Waals surface area contributed by atoms with Crippen LogP contribution in [-0.2, 0) is 20.9 Å². The zero-order valence-corrected chi connectivity index (χ0v) is 19.3. The van der Waals surface area contributed by atoms with Gasteiger partial charge >= 0.3 is 0 Å². The van der Waals surface area contributed by atoms with Gasteiger partial charge in [-0.05, 0) is 18.6 Å². The molecule has 1 aromatic carbocycles. The van der Waals surface area contributed by atoms with Crippen molar-refractivity contribution in [1.82, 2.24) is 14.6 Å². The van der Waals surface area contributed by atoms with Gasteiger partial charge in [0.25, 0.3) is 0 Å². The van der Waals surface area contributed by atoms with Crippen LogP contribution < -0.4 is 15.5 Å². The molecular formula is C24H32N6O3. The highest BCUT2D eigenvalue weighted by Crippen LogP contribution is 2.28. The number of para-hydroxylation sites is 2. The van der Waals surface area contributed by atoms with E-state index in [4.69, 9.17) is 19.6 Å². The Labute approximate surface area is 194 Å². The summed E-state index contributed by atoms with van der Waals surface area (Å²) in [6.07, 6.45) is 2.55. The maximum absolute atomic E-state index is 12.0. The molecule has 9 nitrogen and oxygen atoms in total. The van der Waals surface area contributed by atoms with Gasteiger partial charge in [0.1, 0.15) is 11.6 Å². The molecule has 3 heterocycles. The number of unbranched alkanes of at least 4 members (excludes halogenated alkanes) is 1. The molecule has 4 rings (SSSR count). The number of aromatic nitrogens is 3. The van der Waals surface area contributed by atoms with Crippen molar-refractivity contribution in [3.8, 4) is 0 Å². The van der Waals surface area contributed by atoms with Crippen molar-refractivity contribution >= 4 is 34.6 Å². The maximum Gasteiger partial charge on any atom is 0.224 e. The van der Waals surface area contributed by atoms with E-state index < -0.39 is 0 Å². The first-order valence-corrected chi connectivity index (χ1v) is 11.6. The molecule has 1 aliphatic heterocycles. The fraction of sp³-hybridized carbons (Fsp3) is 0.458. The number of rotatable bonds is 10. The fourth-order valence-electron chi connectivity index (χ4n) is 3.66. The highest BCUT2D eigenvalue weighted by molar-refractivity contribution is 5.94. The number of fused-ring (bicyclic) bond motifs is 1. The first kappa shape index (κ1) is 23.0. The molecule has 1 fully saturated rings. The third-order valence-corrected chi connectivity index (χ3v) is 5.47. The fourth-order valence-corrected chi connectivity index (χ4v) is 3.66. The second-order valence-corrected chi connectivity index (χ2v) is 7.98. The quantitative estimate of drug-likeness (QED) is 0.450. The molecule has 0 bridgehead atoms. The number of nitrogens with one attached hydrogen (secondary N) is 2. The highest BCUT2D eigenvalue weighted by atomic mass is 16.5. The van der Waals surface area contributed by atoms with Crippen LogP contribution in [0.15, 0.2) is 36.4 Å². The molecule has 1 amide bonds. The van der Waals surface area contributed by atoms with Gasteiger partial charge in [-0.2, -0.15) is 9.61 Å². The smallest absolute Gasteiger partial charge is 0.224 e. The third-order valence-electron chi connectivity index (χ3n) is 5.47.